The van der Waals surface area contributed by atoms with Crippen LogP contribution in [0.1, 0.15) is 32.6 Å². The highest BCUT2D eigenvalue weighted by molar-refractivity contribution is 5.94. The van der Waals surface area contributed by atoms with Gasteiger partial charge in [-0.3, -0.25) is 14.5 Å². The summed E-state index contributed by atoms with van der Waals surface area (Å²) in [4.78, 5) is 29.4. The van der Waals surface area contributed by atoms with Crippen LogP contribution in [0, 0.1) is 5.92 Å². The molecule has 0 radical (unpaired) electrons. The number of likely N-dealkylation sites (tertiary alicyclic amines) is 2. The highest BCUT2D eigenvalue weighted by Gasteiger charge is 2.32. The van der Waals surface area contributed by atoms with Crippen molar-refractivity contribution in [3.63, 3.8) is 0 Å². The summed E-state index contributed by atoms with van der Waals surface area (Å²) in [6.45, 7) is 5.26. The lowest BCUT2D eigenvalue weighted by Gasteiger charge is -2.36. The van der Waals surface area contributed by atoms with Gasteiger partial charge in [0, 0.05) is 30.8 Å². The molecule has 1 N–H and O–H groups in total. The van der Waals surface area contributed by atoms with E-state index in [4.69, 9.17) is 9.47 Å². The van der Waals surface area contributed by atoms with E-state index in [2.05, 4.69) is 10.2 Å². The standard InChI is InChI=1S/C21H31N3O4/c1-15(20(25)22-17-6-7-18(27-2)19(14-17)28-3)23-12-8-16(9-13-23)21(26)24-10-4-5-11-24/h6-7,14-16H,4-5,8-13H2,1-3H3,(H,22,25). The van der Waals surface area contributed by atoms with E-state index in [1.807, 2.05) is 11.8 Å². The van der Waals surface area contributed by atoms with E-state index in [9.17, 15) is 9.59 Å². The fourth-order valence-electron chi connectivity index (χ4n) is 4.06. The van der Waals surface area contributed by atoms with Gasteiger partial charge in [0.25, 0.3) is 0 Å². The second kappa shape index (κ2) is 9.28. The van der Waals surface area contributed by atoms with Crippen molar-refractivity contribution in [2.75, 3.05) is 45.7 Å². The van der Waals surface area contributed by atoms with Crippen LogP contribution in [0.5, 0.6) is 11.5 Å². The van der Waals surface area contributed by atoms with Crippen molar-refractivity contribution in [2.24, 2.45) is 5.92 Å². The zero-order valence-corrected chi connectivity index (χ0v) is 17.1. The van der Waals surface area contributed by atoms with Crippen molar-refractivity contribution in [3.8, 4) is 11.5 Å². The predicted octanol–water partition coefficient (Wildman–Crippen LogP) is 2.37. The van der Waals surface area contributed by atoms with Crippen LogP contribution in [0.25, 0.3) is 0 Å². The molecule has 1 atom stereocenters. The Bertz CT molecular complexity index is 695. The van der Waals surface area contributed by atoms with Crippen LogP contribution in [0.2, 0.25) is 0 Å². The highest BCUT2D eigenvalue weighted by atomic mass is 16.5. The number of nitrogens with zero attached hydrogens (tertiary/aromatic N) is 2. The van der Waals surface area contributed by atoms with E-state index in [-0.39, 0.29) is 17.9 Å². The second-order valence-corrected chi connectivity index (χ2v) is 7.58. The monoisotopic (exact) mass is 389 g/mol. The first-order valence-electron chi connectivity index (χ1n) is 10.1. The van der Waals surface area contributed by atoms with Gasteiger partial charge in [-0.05, 0) is 57.8 Å². The van der Waals surface area contributed by atoms with Gasteiger partial charge >= 0.3 is 0 Å². The Kier molecular flexibility index (Phi) is 6.78. The molecule has 154 valence electrons. The summed E-state index contributed by atoms with van der Waals surface area (Å²) in [5, 5.41) is 2.95. The number of methoxy groups -OCH3 is 2. The number of anilines is 1. The number of ether oxygens (including phenoxy) is 2. The van der Waals surface area contributed by atoms with E-state index in [1.165, 1.54) is 0 Å². The number of hydrogen-bond donors (Lipinski definition) is 1. The summed E-state index contributed by atoms with van der Waals surface area (Å²) in [6, 6.07) is 5.07. The number of carbonyl (C=O) groups is 2. The van der Waals surface area contributed by atoms with Crippen molar-refractivity contribution in [1.29, 1.82) is 0 Å². The average molecular weight is 389 g/mol. The molecule has 3 rings (SSSR count). The lowest BCUT2D eigenvalue weighted by Crippen LogP contribution is -2.48. The lowest BCUT2D eigenvalue weighted by atomic mass is 9.94. The fraction of sp³-hybridized carbons (Fsp3) is 0.619. The van der Waals surface area contributed by atoms with Gasteiger partial charge in [0.05, 0.1) is 20.3 Å². The molecule has 0 bridgehead atoms. The van der Waals surface area contributed by atoms with Gasteiger partial charge in [0.15, 0.2) is 11.5 Å². The maximum Gasteiger partial charge on any atom is 0.241 e. The molecule has 0 spiro atoms. The predicted molar refractivity (Wildman–Crippen MR) is 108 cm³/mol. The molecule has 2 aliphatic rings. The molecule has 2 aliphatic heterocycles. The highest BCUT2D eigenvalue weighted by Crippen LogP contribution is 2.30. The Morgan fingerprint density at radius 2 is 1.68 bits per heavy atom. The number of piperidine rings is 1. The summed E-state index contributed by atoms with van der Waals surface area (Å²) in [5.74, 6) is 1.55. The summed E-state index contributed by atoms with van der Waals surface area (Å²) >= 11 is 0. The van der Waals surface area contributed by atoms with E-state index >= 15 is 0 Å². The molecule has 7 nitrogen and oxygen atoms in total. The van der Waals surface area contributed by atoms with Crippen molar-refractivity contribution in [1.82, 2.24) is 9.80 Å². The molecular weight excluding hydrogens is 358 g/mol. The average Bonchev–Trinajstić information content (AvgIpc) is 3.27. The summed E-state index contributed by atoms with van der Waals surface area (Å²) in [7, 11) is 3.15. The van der Waals surface area contributed by atoms with Crippen LogP contribution < -0.4 is 14.8 Å². The van der Waals surface area contributed by atoms with Crippen LogP contribution in [0.4, 0.5) is 5.69 Å². The summed E-state index contributed by atoms with van der Waals surface area (Å²) in [6.07, 6.45) is 3.89. The molecule has 2 amide bonds. The molecule has 0 aromatic heterocycles. The Balaban J connectivity index is 1.52. The first-order chi connectivity index (χ1) is 13.5. The Morgan fingerprint density at radius 1 is 1.04 bits per heavy atom. The maximum absolute atomic E-state index is 12.7. The minimum atomic E-state index is -0.254. The van der Waals surface area contributed by atoms with Crippen molar-refractivity contribution < 1.29 is 19.1 Å². The van der Waals surface area contributed by atoms with Gasteiger partial charge in [-0.1, -0.05) is 0 Å². The summed E-state index contributed by atoms with van der Waals surface area (Å²) in [5.41, 5.74) is 0.675. The van der Waals surface area contributed by atoms with Gasteiger partial charge in [-0.25, -0.2) is 0 Å². The molecule has 0 saturated carbocycles. The van der Waals surface area contributed by atoms with E-state index in [1.54, 1.807) is 32.4 Å². The minimum absolute atomic E-state index is 0.0588. The van der Waals surface area contributed by atoms with E-state index in [0.29, 0.717) is 23.1 Å². The fourth-order valence-corrected chi connectivity index (χ4v) is 4.06. The quantitative estimate of drug-likeness (QED) is 0.809. The number of amides is 2. The van der Waals surface area contributed by atoms with E-state index < -0.39 is 0 Å². The van der Waals surface area contributed by atoms with Gasteiger partial charge < -0.3 is 19.7 Å². The van der Waals surface area contributed by atoms with Gasteiger partial charge in [0.2, 0.25) is 11.8 Å². The molecule has 2 saturated heterocycles. The molecule has 2 heterocycles. The van der Waals surface area contributed by atoms with E-state index in [0.717, 1.165) is 51.9 Å². The van der Waals surface area contributed by atoms with Gasteiger partial charge in [0.1, 0.15) is 0 Å². The largest absolute Gasteiger partial charge is 0.493 e. The number of benzene rings is 1. The molecule has 7 heteroatoms. The minimum Gasteiger partial charge on any atom is -0.493 e. The number of nitrogens with one attached hydrogen (secondary N) is 1. The molecule has 1 unspecified atom stereocenters. The van der Waals surface area contributed by atoms with Crippen LogP contribution >= 0.6 is 0 Å². The molecule has 2 fully saturated rings. The molecule has 28 heavy (non-hydrogen) atoms. The Hall–Kier alpha value is -2.28. The van der Waals surface area contributed by atoms with Crippen molar-refractivity contribution in [3.05, 3.63) is 18.2 Å². The SMILES string of the molecule is COc1ccc(NC(=O)C(C)N2CCC(C(=O)N3CCCC3)CC2)cc1OC. The third kappa shape index (κ3) is 4.58. The number of carbonyl (C=O) groups excluding carboxylic acids is 2. The third-order valence-electron chi connectivity index (χ3n) is 5.87. The molecular formula is C21H31N3O4. The van der Waals surface area contributed by atoms with Gasteiger partial charge in [-0.2, -0.15) is 0 Å². The zero-order chi connectivity index (χ0) is 20.1. The molecule has 1 aromatic rings. The first-order valence-corrected chi connectivity index (χ1v) is 10.1. The van der Waals surface area contributed by atoms with Crippen LogP contribution in [0.3, 0.4) is 0 Å². The Labute approximate surface area is 167 Å². The molecule has 1 aromatic carbocycles. The van der Waals surface area contributed by atoms with Crippen LogP contribution in [-0.4, -0.2) is 68.1 Å². The first kappa shape index (κ1) is 20.5. The third-order valence-corrected chi connectivity index (χ3v) is 5.87. The normalized spacial score (nSPS) is 19.3. The van der Waals surface area contributed by atoms with Crippen molar-refractivity contribution >= 4 is 17.5 Å². The van der Waals surface area contributed by atoms with Crippen LogP contribution in [0.15, 0.2) is 18.2 Å². The van der Waals surface area contributed by atoms with Gasteiger partial charge in [-0.15, -0.1) is 0 Å². The number of rotatable bonds is 6. The summed E-state index contributed by atoms with van der Waals surface area (Å²) < 4.78 is 10.5. The second-order valence-electron chi connectivity index (χ2n) is 7.58. The Morgan fingerprint density at radius 3 is 2.29 bits per heavy atom. The topological polar surface area (TPSA) is 71.1 Å². The van der Waals surface area contributed by atoms with Crippen molar-refractivity contribution in [2.45, 2.75) is 38.6 Å². The maximum atomic E-state index is 12.7. The molecule has 0 aliphatic carbocycles. The zero-order valence-electron chi connectivity index (χ0n) is 17.1. The smallest absolute Gasteiger partial charge is 0.241 e. The number of hydrogen-bond acceptors (Lipinski definition) is 5. The lowest BCUT2D eigenvalue weighted by molar-refractivity contribution is -0.136. The van der Waals surface area contributed by atoms with Crippen LogP contribution in [-0.2, 0) is 9.59 Å².